The highest BCUT2D eigenvalue weighted by Gasteiger charge is 2.22. The van der Waals surface area contributed by atoms with Gasteiger partial charge < -0.3 is 21.1 Å². The molecule has 0 atom stereocenters. The van der Waals surface area contributed by atoms with Crippen molar-refractivity contribution in [2.45, 2.75) is 0 Å². The molecule has 2 rings (SSSR count). The van der Waals surface area contributed by atoms with Gasteiger partial charge in [-0.25, -0.2) is 9.78 Å². The summed E-state index contributed by atoms with van der Waals surface area (Å²) in [7, 11) is 0. The average Bonchev–Trinajstić information content (AvgIpc) is 2.28. The Morgan fingerprint density at radius 1 is 1.59 bits per heavy atom. The van der Waals surface area contributed by atoms with Crippen LogP contribution in [0.3, 0.4) is 0 Å². The zero-order valence-corrected chi connectivity index (χ0v) is 9.01. The van der Waals surface area contributed by atoms with E-state index in [1.165, 1.54) is 12.3 Å². The van der Waals surface area contributed by atoms with Crippen LogP contribution < -0.4 is 16.0 Å². The van der Waals surface area contributed by atoms with E-state index in [2.05, 4.69) is 10.3 Å². The quantitative estimate of drug-likeness (QED) is 0.626. The second-order valence-electron chi connectivity index (χ2n) is 3.72. The molecule has 0 bridgehead atoms. The third-order valence-corrected chi connectivity index (χ3v) is 2.46. The molecule has 90 valence electrons. The molecule has 7 heteroatoms. The largest absolute Gasteiger partial charge is 0.478 e. The number of amides is 1. The lowest BCUT2D eigenvalue weighted by Crippen LogP contribution is -2.48. The molecule has 7 nitrogen and oxygen atoms in total. The van der Waals surface area contributed by atoms with Gasteiger partial charge in [0.2, 0.25) is 5.91 Å². The highest BCUT2D eigenvalue weighted by Crippen LogP contribution is 2.20. The number of rotatable bonds is 2. The minimum Gasteiger partial charge on any atom is -0.478 e. The van der Waals surface area contributed by atoms with Crippen molar-refractivity contribution in [2.75, 3.05) is 30.3 Å². The summed E-state index contributed by atoms with van der Waals surface area (Å²) >= 11 is 0. The number of hydrogen-bond acceptors (Lipinski definition) is 5. The maximum atomic E-state index is 11.2. The fourth-order valence-electron chi connectivity index (χ4n) is 1.70. The van der Waals surface area contributed by atoms with Gasteiger partial charge in [0.1, 0.15) is 11.4 Å². The van der Waals surface area contributed by atoms with Crippen LogP contribution in [0.15, 0.2) is 12.3 Å². The molecular weight excluding hydrogens is 224 g/mol. The first-order chi connectivity index (χ1) is 8.08. The summed E-state index contributed by atoms with van der Waals surface area (Å²) in [5.41, 5.74) is 5.80. The van der Waals surface area contributed by atoms with E-state index in [0.717, 1.165) is 0 Å². The number of carbonyl (C=O) groups is 2. The lowest BCUT2D eigenvalue weighted by molar-refractivity contribution is -0.120. The molecule has 1 aliphatic rings. The van der Waals surface area contributed by atoms with Crippen LogP contribution in [0.4, 0.5) is 11.5 Å². The molecule has 1 amide bonds. The van der Waals surface area contributed by atoms with E-state index in [1.807, 2.05) is 0 Å². The normalized spacial score (nSPS) is 15.5. The average molecular weight is 236 g/mol. The van der Waals surface area contributed by atoms with Crippen LogP contribution >= 0.6 is 0 Å². The van der Waals surface area contributed by atoms with Gasteiger partial charge in [-0.1, -0.05) is 0 Å². The predicted molar refractivity (Wildman–Crippen MR) is 60.8 cm³/mol. The van der Waals surface area contributed by atoms with Gasteiger partial charge >= 0.3 is 5.97 Å². The Morgan fingerprint density at radius 2 is 2.35 bits per heavy atom. The van der Waals surface area contributed by atoms with Crippen molar-refractivity contribution in [1.29, 1.82) is 0 Å². The number of aromatic nitrogens is 1. The van der Waals surface area contributed by atoms with Crippen molar-refractivity contribution in [3.8, 4) is 0 Å². The minimum absolute atomic E-state index is 0.0136. The van der Waals surface area contributed by atoms with Crippen molar-refractivity contribution < 1.29 is 14.7 Å². The summed E-state index contributed by atoms with van der Waals surface area (Å²) in [6, 6.07) is 1.34. The Labute approximate surface area is 97.2 Å². The Bertz CT molecular complexity index is 475. The molecule has 0 aliphatic carbocycles. The fraction of sp³-hybridized carbons (Fsp3) is 0.300. The second-order valence-corrected chi connectivity index (χ2v) is 3.72. The summed E-state index contributed by atoms with van der Waals surface area (Å²) in [5.74, 6) is -0.974. The van der Waals surface area contributed by atoms with Crippen LogP contribution in [0.1, 0.15) is 10.4 Å². The van der Waals surface area contributed by atoms with Gasteiger partial charge in [-0.3, -0.25) is 4.79 Å². The highest BCUT2D eigenvalue weighted by molar-refractivity contribution is 5.95. The van der Waals surface area contributed by atoms with Gasteiger partial charge in [0.25, 0.3) is 0 Å². The number of nitrogens with zero attached hydrogens (tertiary/aromatic N) is 2. The maximum absolute atomic E-state index is 11.2. The number of nitrogens with one attached hydrogen (secondary N) is 1. The number of nitrogens with two attached hydrogens (primary N) is 1. The summed E-state index contributed by atoms with van der Waals surface area (Å²) < 4.78 is 0. The number of aromatic carboxylic acids is 1. The van der Waals surface area contributed by atoms with Gasteiger partial charge in [-0.05, 0) is 6.07 Å². The number of carboxylic acids is 1. The molecule has 1 fully saturated rings. The summed E-state index contributed by atoms with van der Waals surface area (Å²) in [6.07, 6.45) is 1.38. The topological polar surface area (TPSA) is 109 Å². The smallest absolute Gasteiger partial charge is 0.339 e. The lowest BCUT2D eigenvalue weighted by Gasteiger charge is -2.28. The first-order valence-corrected chi connectivity index (χ1v) is 5.08. The van der Waals surface area contributed by atoms with E-state index < -0.39 is 5.97 Å². The van der Waals surface area contributed by atoms with Gasteiger partial charge in [-0.2, -0.15) is 0 Å². The van der Waals surface area contributed by atoms with Crippen molar-refractivity contribution in [3.05, 3.63) is 17.8 Å². The Hall–Kier alpha value is -2.31. The molecule has 1 aliphatic heterocycles. The molecule has 2 heterocycles. The zero-order chi connectivity index (χ0) is 12.4. The van der Waals surface area contributed by atoms with Crippen molar-refractivity contribution in [3.63, 3.8) is 0 Å². The van der Waals surface area contributed by atoms with Crippen LogP contribution in [0.2, 0.25) is 0 Å². The number of hydrogen-bond donors (Lipinski definition) is 3. The number of pyridine rings is 1. The van der Waals surface area contributed by atoms with Crippen molar-refractivity contribution in [2.24, 2.45) is 0 Å². The fourth-order valence-corrected chi connectivity index (χ4v) is 1.70. The number of nitrogen functional groups attached to an aromatic ring is 1. The van der Waals surface area contributed by atoms with E-state index in [0.29, 0.717) is 13.1 Å². The predicted octanol–water partition coefficient (Wildman–Crippen LogP) is -0.702. The molecule has 1 aromatic rings. The van der Waals surface area contributed by atoms with Gasteiger partial charge in [0, 0.05) is 13.1 Å². The summed E-state index contributed by atoms with van der Waals surface area (Å²) in [4.78, 5) is 27.9. The van der Waals surface area contributed by atoms with E-state index >= 15 is 0 Å². The van der Waals surface area contributed by atoms with E-state index in [-0.39, 0.29) is 29.5 Å². The van der Waals surface area contributed by atoms with E-state index in [1.54, 1.807) is 4.90 Å². The molecular formula is C10H12N4O3. The number of anilines is 2. The molecule has 0 saturated carbocycles. The first-order valence-electron chi connectivity index (χ1n) is 5.08. The van der Waals surface area contributed by atoms with Crippen LogP contribution in [-0.2, 0) is 4.79 Å². The van der Waals surface area contributed by atoms with Gasteiger partial charge in [0.15, 0.2) is 0 Å². The van der Waals surface area contributed by atoms with E-state index in [9.17, 15) is 9.59 Å². The van der Waals surface area contributed by atoms with Gasteiger partial charge in [-0.15, -0.1) is 0 Å². The maximum Gasteiger partial charge on any atom is 0.339 e. The monoisotopic (exact) mass is 236 g/mol. The number of carboxylic acid groups (broad SMARTS) is 1. The molecule has 0 spiro atoms. The number of piperazine rings is 1. The molecule has 4 N–H and O–H groups in total. The van der Waals surface area contributed by atoms with Crippen molar-refractivity contribution in [1.82, 2.24) is 10.3 Å². The Balaban J connectivity index is 2.37. The van der Waals surface area contributed by atoms with E-state index in [4.69, 9.17) is 10.8 Å². The third kappa shape index (κ3) is 2.27. The highest BCUT2D eigenvalue weighted by atomic mass is 16.4. The van der Waals surface area contributed by atoms with Crippen LogP contribution in [-0.4, -0.2) is 41.6 Å². The summed E-state index contributed by atoms with van der Waals surface area (Å²) in [5, 5.41) is 11.7. The molecule has 17 heavy (non-hydrogen) atoms. The van der Waals surface area contributed by atoms with Crippen LogP contribution in [0.25, 0.3) is 0 Å². The lowest BCUT2D eigenvalue weighted by atomic mass is 10.2. The van der Waals surface area contributed by atoms with Crippen molar-refractivity contribution >= 4 is 23.4 Å². The number of carbonyl (C=O) groups excluding carboxylic acids is 1. The van der Waals surface area contributed by atoms with Gasteiger partial charge in [0.05, 0.1) is 18.4 Å². The van der Waals surface area contributed by atoms with Crippen LogP contribution in [0.5, 0.6) is 0 Å². The molecule has 0 aromatic carbocycles. The SMILES string of the molecule is Nc1cnc(N2CCNC(=O)C2)c(C(=O)O)c1. The third-order valence-electron chi connectivity index (χ3n) is 2.46. The Morgan fingerprint density at radius 3 is 3.00 bits per heavy atom. The molecule has 0 unspecified atom stereocenters. The Kier molecular flexibility index (Phi) is 2.82. The summed E-state index contributed by atoms with van der Waals surface area (Å²) in [6.45, 7) is 1.12. The standard InChI is InChI=1S/C10H12N4O3/c11-6-3-7(10(16)17)9(13-4-6)14-2-1-12-8(15)5-14/h3-4H,1-2,5,11H2,(H,12,15)(H,16,17). The van der Waals surface area contributed by atoms with Crippen LogP contribution in [0, 0.1) is 0 Å². The minimum atomic E-state index is -1.11. The molecule has 0 radical (unpaired) electrons. The zero-order valence-electron chi connectivity index (χ0n) is 9.01. The second kappa shape index (κ2) is 4.28. The first kappa shape index (κ1) is 11.2. The molecule has 1 saturated heterocycles. The molecule has 1 aromatic heterocycles.